The first-order chi connectivity index (χ1) is 10.5. The molecule has 0 saturated carbocycles. The van der Waals surface area contributed by atoms with Gasteiger partial charge in [-0.3, -0.25) is 4.79 Å². The molecule has 0 atom stereocenters. The van der Waals surface area contributed by atoms with Crippen molar-refractivity contribution >= 4 is 33.8 Å². The van der Waals surface area contributed by atoms with E-state index >= 15 is 0 Å². The van der Waals surface area contributed by atoms with E-state index in [0.717, 1.165) is 16.9 Å². The first-order valence-electron chi connectivity index (χ1n) is 6.92. The van der Waals surface area contributed by atoms with E-state index in [2.05, 4.69) is 5.32 Å². The zero-order chi connectivity index (χ0) is 15.9. The minimum absolute atomic E-state index is 0.0359. The molecule has 0 spiro atoms. The molecule has 0 aliphatic heterocycles. The van der Waals surface area contributed by atoms with Gasteiger partial charge in [0.25, 0.3) is 0 Å². The van der Waals surface area contributed by atoms with Gasteiger partial charge in [0.2, 0.25) is 0 Å². The minimum atomic E-state index is -1.10. The third-order valence-corrected chi connectivity index (χ3v) is 4.87. The number of rotatable bonds is 3. The number of hydrogen-bond acceptors (Lipinski definition) is 4. The number of nitrogens with one attached hydrogen (secondary N) is 1. The fourth-order valence-corrected chi connectivity index (χ4v) is 3.85. The Bertz CT molecular complexity index is 782. The van der Waals surface area contributed by atoms with Crippen LogP contribution in [0.25, 0.3) is 0 Å². The van der Waals surface area contributed by atoms with Crippen molar-refractivity contribution < 1.29 is 19.1 Å². The SMILES string of the molecule is Cc1ccc(Nc2sc3c(c2C(=O)O)CCCC3=O)c(F)c1. The number of carbonyl (C=O) groups excluding carboxylic acids is 1. The summed E-state index contributed by atoms with van der Waals surface area (Å²) in [6.45, 7) is 1.78. The number of aryl methyl sites for hydroxylation is 1. The molecular formula is C16H14FNO3S. The van der Waals surface area contributed by atoms with E-state index in [0.29, 0.717) is 34.7 Å². The zero-order valence-corrected chi connectivity index (χ0v) is 12.7. The molecule has 1 aromatic carbocycles. The third-order valence-electron chi connectivity index (χ3n) is 3.68. The Morgan fingerprint density at radius 2 is 2.14 bits per heavy atom. The summed E-state index contributed by atoms with van der Waals surface area (Å²) in [6, 6.07) is 4.68. The predicted molar refractivity (Wildman–Crippen MR) is 83.0 cm³/mol. The molecule has 1 aromatic heterocycles. The molecule has 0 amide bonds. The summed E-state index contributed by atoms with van der Waals surface area (Å²) in [5.74, 6) is -1.58. The number of ketones is 1. The van der Waals surface area contributed by atoms with Gasteiger partial charge in [-0.1, -0.05) is 6.07 Å². The van der Waals surface area contributed by atoms with E-state index in [4.69, 9.17) is 0 Å². The Balaban J connectivity index is 2.07. The average Bonchev–Trinajstić information content (AvgIpc) is 2.82. The average molecular weight is 319 g/mol. The smallest absolute Gasteiger partial charge is 0.339 e. The van der Waals surface area contributed by atoms with E-state index in [-0.39, 0.29) is 17.0 Å². The van der Waals surface area contributed by atoms with Crippen molar-refractivity contribution in [1.82, 2.24) is 0 Å². The van der Waals surface area contributed by atoms with Gasteiger partial charge in [0.1, 0.15) is 10.8 Å². The highest BCUT2D eigenvalue weighted by Crippen LogP contribution is 2.39. The van der Waals surface area contributed by atoms with Gasteiger partial charge in [-0.05, 0) is 43.0 Å². The van der Waals surface area contributed by atoms with Crippen molar-refractivity contribution in [3.63, 3.8) is 0 Å². The summed E-state index contributed by atoms with van der Waals surface area (Å²) >= 11 is 1.10. The van der Waals surface area contributed by atoms with Gasteiger partial charge in [-0.2, -0.15) is 0 Å². The predicted octanol–water partition coefficient (Wildman–Crippen LogP) is 4.16. The minimum Gasteiger partial charge on any atom is -0.478 e. The fraction of sp³-hybridized carbons (Fsp3) is 0.250. The molecule has 0 saturated heterocycles. The number of thiophene rings is 1. The van der Waals surface area contributed by atoms with Crippen LogP contribution in [-0.4, -0.2) is 16.9 Å². The summed E-state index contributed by atoms with van der Waals surface area (Å²) in [5.41, 5.74) is 1.65. The molecule has 2 aromatic rings. The van der Waals surface area contributed by atoms with Crippen LogP contribution in [0.5, 0.6) is 0 Å². The number of carbonyl (C=O) groups is 2. The molecule has 3 rings (SSSR count). The quantitative estimate of drug-likeness (QED) is 0.891. The van der Waals surface area contributed by atoms with Crippen LogP contribution < -0.4 is 5.32 Å². The topological polar surface area (TPSA) is 66.4 Å². The van der Waals surface area contributed by atoms with Gasteiger partial charge in [0, 0.05) is 6.42 Å². The first kappa shape index (κ1) is 14.7. The lowest BCUT2D eigenvalue weighted by molar-refractivity contribution is 0.0697. The van der Waals surface area contributed by atoms with Crippen LogP contribution in [0.4, 0.5) is 15.1 Å². The van der Waals surface area contributed by atoms with Gasteiger partial charge in [-0.15, -0.1) is 11.3 Å². The van der Waals surface area contributed by atoms with E-state index in [1.165, 1.54) is 6.07 Å². The maximum atomic E-state index is 14.0. The van der Waals surface area contributed by atoms with Crippen LogP contribution in [0.3, 0.4) is 0 Å². The van der Waals surface area contributed by atoms with Crippen LogP contribution in [0.1, 0.15) is 44.0 Å². The molecular weight excluding hydrogens is 305 g/mol. The second kappa shape index (κ2) is 5.53. The number of fused-ring (bicyclic) bond motifs is 1. The highest BCUT2D eigenvalue weighted by molar-refractivity contribution is 7.18. The number of hydrogen-bond donors (Lipinski definition) is 2. The molecule has 0 fully saturated rings. The largest absolute Gasteiger partial charge is 0.478 e. The molecule has 22 heavy (non-hydrogen) atoms. The van der Waals surface area contributed by atoms with Crippen LogP contribution >= 0.6 is 11.3 Å². The van der Waals surface area contributed by atoms with E-state index in [9.17, 15) is 19.1 Å². The number of benzene rings is 1. The van der Waals surface area contributed by atoms with Crippen LogP contribution in [0, 0.1) is 12.7 Å². The second-order valence-electron chi connectivity index (χ2n) is 5.30. The molecule has 1 aliphatic carbocycles. The van der Waals surface area contributed by atoms with Gasteiger partial charge in [-0.25, -0.2) is 9.18 Å². The van der Waals surface area contributed by atoms with Gasteiger partial charge in [0.15, 0.2) is 5.78 Å². The van der Waals surface area contributed by atoms with Gasteiger partial charge < -0.3 is 10.4 Å². The van der Waals surface area contributed by atoms with Crippen molar-refractivity contribution in [2.24, 2.45) is 0 Å². The number of anilines is 2. The lowest BCUT2D eigenvalue weighted by Crippen LogP contribution is -2.11. The summed E-state index contributed by atoms with van der Waals surface area (Å²) in [6.07, 6.45) is 1.66. The number of aromatic carboxylic acids is 1. The molecule has 6 heteroatoms. The fourth-order valence-electron chi connectivity index (χ4n) is 2.63. The maximum Gasteiger partial charge on any atom is 0.339 e. The Kier molecular flexibility index (Phi) is 3.70. The molecule has 0 bridgehead atoms. The Morgan fingerprint density at radius 3 is 2.82 bits per heavy atom. The lowest BCUT2D eigenvalue weighted by Gasteiger charge is -2.10. The van der Waals surface area contributed by atoms with E-state index in [1.807, 2.05) is 0 Å². The van der Waals surface area contributed by atoms with E-state index < -0.39 is 11.8 Å². The standard InChI is InChI=1S/C16H14FNO3S/c1-8-5-6-11(10(17)7-8)18-15-13(16(20)21)9-3-2-4-12(19)14(9)22-15/h5-7,18H,2-4H2,1H3,(H,20,21). The molecule has 0 unspecified atom stereocenters. The summed E-state index contributed by atoms with van der Waals surface area (Å²) in [7, 11) is 0. The number of halogens is 1. The van der Waals surface area contributed by atoms with Crippen LogP contribution in [-0.2, 0) is 6.42 Å². The normalized spacial score (nSPS) is 13.8. The summed E-state index contributed by atoms with van der Waals surface area (Å²) in [5, 5.41) is 12.6. The van der Waals surface area contributed by atoms with Crippen molar-refractivity contribution in [2.45, 2.75) is 26.2 Å². The van der Waals surface area contributed by atoms with Gasteiger partial charge in [0.05, 0.1) is 16.1 Å². The van der Waals surface area contributed by atoms with E-state index in [1.54, 1.807) is 19.1 Å². The van der Waals surface area contributed by atoms with Gasteiger partial charge >= 0.3 is 5.97 Å². The summed E-state index contributed by atoms with van der Waals surface area (Å²) in [4.78, 5) is 24.0. The number of carboxylic acid groups (broad SMARTS) is 1. The number of carboxylic acids is 1. The van der Waals surface area contributed by atoms with Crippen molar-refractivity contribution in [3.8, 4) is 0 Å². The molecule has 0 radical (unpaired) electrons. The van der Waals surface area contributed by atoms with Crippen molar-refractivity contribution in [3.05, 3.63) is 45.6 Å². The van der Waals surface area contributed by atoms with Crippen LogP contribution in [0.2, 0.25) is 0 Å². The highest BCUT2D eigenvalue weighted by atomic mass is 32.1. The number of Topliss-reactive ketones (excluding diaryl/α,β-unsaturated/α-hetero) is 1. The monoisotopic (exact) mass is 319 g/mol. The summed E-state index contributed by atoms with van der Waals surface area (Å²) < 4.78 is 14.0. The lowest BCUT2D eigenvalue weighted by atomic mass is 9.94. The second-order valence-corrected chi connectivity index (χ2v) is 6.32. The molecule has 1 aliphatic rings. The third kappa shape index (κ3) is 2.50. The zero-order valence-electron chi connectivity index (χ0n) is 11.9. The molecule has 114 valence electrons. The van der Waals surface area contributed by atoms with Crippen LogP contribution in [0.15, 0.2) is 18.2 Å². The Hall–Kier alpha value is -2.21. The Morgan fingerprint density at radius 1 is 1.36 bits per heavy atom. The first-order valence-corrected chi connectivity index (χ1v) is 7.74. The molecule has 1 heterocycles. The van der Waals surface area contributed by atoms with Crippen molar-refractivity contribution in [1.29, 1.82) is 0 Å². The maximum absolute atomic E-state index is 14.0. The Labute approximate surface area is 130 Å². The highest BCUT2D eigenvalue weighted by Gasteiger charge is 2.29. The molecule has 4 nitrogen and oxygen atoms in total. The molecule has 2 N–H and O–H groups in total. The van der Waals surface area contributed by atoms with Crippen molar-refractivity contribution in [2.75, 3.05) is 5.32 Å².